The Morgan fingerprint density at radius 1 is 1.36 bits per heavy atom. The van der Waals surface area contributed by atoms with E-state index in [2.05, 4.69) is 0 Å². The van der Waals surface area contributed by atoms with Crippen molar-refractivity contribution in [3.63, 3.8) is 0 Å². The van der Waals surface area contributed by atoms with Crippen LogP contribution < -0.4 is 5.73 Å². The highest BCUT2D eigenvalue weighted by molar-refractivity contribution is 5.22. The van der Waals surface area contributed by atoms with Gasteiger partial charge in [-0.3, -0.25) is 0 Å². The van der Waals surface area contributed by atoms with Crippen molar-refractivity contribution < 1.29 is 5.11 Å². The fraction of sp³-hybridized carbons (Fsp3) is 0.333. The van der Waals surface area contributed by atoms with Crippen molar-refractivity contribution in [1.82, 2.24) is 5.73 Å². The number of hydrogen-bond donors (Lipinski definition) is 1. The molecule has 0 fully saturated rings. The van der Waals surface area contributed by atoms with Crippen LogP contribution in [0.2, 0.25) is 0 Å². The molecule has 0 amide bonds. The van der Waals surface area contributed by atoms with Crippen molar-refractivity contribution in [3.05, 3.63) is 35.9 Å². The Morgan fingerprint density at radius 2 is 1.91 bits per heavy atom. The number of rotatable bonds is 2. The average Bonchev–Trinajstić information content (AvgIpc) is 2.06. The third-order valence-electron chi connectivity index (χ3n) is 1.73. The van der Waals surface area contributed by atoms with Gasteiger partial charge in [0.05, 0.1) is 12.1 Å². The predicted octanol–water partition coefficient (Wildman–Crippen LogP) is 1.18. The molecule has 2 N–H and O–H groups in total. The van der Waals surface area contributed by atoms with Gasteiger partial charge in [-0.25, -0.2) is 5.73 Å². The van der Waals surface area contributed by atoms with Crippen LogP contribution in [0.25, 0.3) is 0 Å². The summed E-state index contributed by atoms with van der Waals surface area (Å²) >= 11 is 0. The van der Waals surface area contributed by atoms with Crippen LogP contribution in [0.4, 0.5) is 0 Å². The van der Waals surface area contributed by atoms with Gasteiger partial charge < -0.3 is 5.11 Å². The molecule has 0 aliphatic rings. The standard InChI is InChI=1S/C9H12NO/c1-9(10,7-11)8-5-3-2-4-6-8/h2-6,10-11H,7H2,1H3. The molecule has 2 nitrogen and oxygen atoms in total. The molecule has 0 saturated heterocycles. The summed E-state index contributed by atoms with van der Waals surface area (Å²) in [7, 11) is 0. The Balaban J connectivity index is 2.93. The van der Waals surface area contributed by atoms with Crippen molar-refractivity contribution in [2.75, 3.05) is 6.61 Å². The molecule has 0 aliphatic carbocycles. The molecule has 59 valence electrons. The highest BCUT2D eigenvalue weighted by Crippen LogP contribution is 2.17. The van der Waals surface area contributed by atoms with Crippen molar-refractivity contribution in [3.8, 4) is 0 Å². The van der Waals surface area contributed by atoms with E-state index in [-0.39, 0.29) is 6.61 Å². The molecule has 0 aromatic heterocycles. The highest BCUT2D eigenvalue weighted by Gasteiger charge is 2.19. The molecule has 0 saturated carbocycles. The normalized spacial score (nSPS) is 15.9. The lowest BCUT2D eigenvalue weighted by atomic mass is 9.95. The van der Waals surface area contributed by atoms with E-state index in [1.807, 2.05) is 30.3 Å². The third-order valence-corrected chi connectivity index (χ3v) is 1.73. The van der Waals surface area contributed by atoms with Crippen LogP contribution in [-0.4, -0.2) is 11.7 Å². The fourth-order valence-electron chi connectivity index (χ4n) is 0.897. The topological polar surface area (TPSA) is 44.0 Å². The van der Waals surface area contributed by atoms with Gasteiger partial charge in [0.15, 0.2) is 0 Å². The lowest BCUT2D eigenvalue weighted by Gasteiger charge is -2.20. The van der Waals surface area contributed by atoms with E-state index in [0.29, 0.717) is 0 Å². The quantitative estimate of drug-likeness (QED) is 0.675. The first-order chi connectivity index (χ1) is 5.17. The van der Waals surface area contributed by atoms with Gasteiger partial charge in [0.2, 0.25) is 0 Å². The van der Waals surface area contributed by atoms with Crippen LogP contribution in [-0.2, 0) is 5.54 Å². The Hall–Kier alpha value is -0.860. The minimum atomic E-state index is -0.860. The maximum Gasteiger partial charge on any atom is 0.0774 e. The monoisotopic (exact) mass is 150 g/mol. The summed E-state index contributed by atoms with van der Waals surface area (Å²) in [5.74, 6) is 0. The van der Waals surface area contributed by atoms with Crippen molar-refractivity contribution in [1.29, 1.82) is 0 Å². The first-order valence-corrected chi connectivity index (χ1v) is 3.58. The maximum atomic E-state index is 8.86. The summed E-state index contributed by atoms with van der Waals surface area (Å²) in [5.41, 5.74) is 7.66. The second-order valence-electron chi connectivity index (χ2n) is 2.86. The molecule has 1 rings (SSSR count). The number of benzene rings is 1. The van der Waals surface area contributed by atoms with E-state index in [1.165, 1.54) is 0 Å². The molecule has 1 aromatic carbocycles. The van der Waals surface area contributed by atoms with Gasteiger partial charge in [0, 0.05) is 0 Å². The zero-order valence-corrected chi connectivity index (χ0v) is 6.54. The zero-order chi connectivity index (χ0) is 8.32. The number of hydrogen-bond acceptors (Lipinski definition) is 1. The van der Waals surface area contributed by atoms with Crippen molar-refractivity contribution >= 4 is 0 Å². The fourth-order valence-corrected chi connectivity index (χ4v) is 0.897. The van der Waals surface area contributed by atoms with Gasteiger partial charge in [-0.05, 0) is 12.5 Å². The smallest absolute Gasteiger partial charge is 0.0774 e. The molecule has 1 radical (unpaired) electrons. The summed E-state index contributed by atoms with van der Waals surface area (Å²) in [6.45, 7) is 1.55. The molecule has 0 aliphatic heterocycles. The van der Waals surface area contributed by atoms with Gasteiger partial charge in [0.25, 0.3) is 0 Å². The third kappa shape index (κ3) is 1.79. The zero-order valence-electron chi connectivity index (χ0n) is 6.54. The van der Waals surface area contributed by atoms with Crippen molar-refractivity contribution in [2.24, 2.45) is 0 Å². The summed E-state index contributed by atoms with van der Waals surface area (Å²) < 4.78 is 0. The Morgan fingerprint density at radius 3 is 2.36 bits per heavy atom. The van der Waals surface area contributed by atoms with Crippen LogP contribution in [0.5, 0.6) is 0 Å². The van der Waals surface area contributed by atoms with Gasteiger partial charge in [-0.1, -0.05) is 30.3 Å². The number of nitrogens with one attached hydrogen (secondary N) is 1. The van der Waals surface area contributed by atoms with Crippen molar-refractivity contribution in [2.45, 2.75) is 12.5 Å². The first-order valence-electron chi connectivity index (χ1n) is 3.58. The predicted molar refractivity (Wildman–Crippen MR) is 44.0 cm³/mol. The first kappa shape index (κ1) is 8.24. The molecule has 0 heterocycles. The van der Waals surface area contributed by atoms with Crippen LogP contribution >= 0.6 is 0 Å². The van der Waals surface area contributed by atoms with Crippen LogP contribution in [0, 0.1) is 0 Å². The molecule has 1 aromatic rings. The molecule has 1 atom stereocenters. The van der Waals surface area contributed by atoms with Gasteiger partial charge in [-0.15, -0.1) is 0 Å². The van der Waals surface area contributed by atoms with Gasteiger partial charge >= 0.3 is 0 Å². The SMILES string of the molecule is CC([NH])(CO)c1ccccc1. The van der Waals surface area contributed by atoms with Gasteiger partial charge in [-0.2, -0.15) is 0 Å². The van der Waals surface area contributed by atoms with E-state index < -0.39 is 5.54 Å². The number of aliphatic hydroxyl groups excluding tert-OH is 1. The van der Waals surface area contributed by atoms with E-state index >= 15 is 0 Å². The summed E-state index contributed by atoms with van der Waals surface area (Å²) in [6.07, 6.45) is 0. The molecule has 0 spiro atoms. The maximum absolute atomic E-state index is 8.86. The van der Waals surface area contributed by atoms with E-state index in [0.717, 1.165) is 5.56 Å². The lowest BCUT2D eigenvalue weighted by molar-refractivity contribution is 0.204. The summed E-state index contributed by atoms with van der Waals surface area (Å²) in [4.78, 5) is 0. The lowest BCUT2D eigenvalue weighted by Crippen LogP contribution is -2.27. The Kier molecular flexibility index (Phi) is 2.27. The molecular weight excluding hydrogens is 138 g/mol. The summed E-state index contributed by atoms with van der Waals surface area (Å²) in [5, 5.41) is 8.86. The van der Waals surface area contributed by atoms with Crippen LogP contribution in [0.3, 0.4) is 0 Å². The molecule has 2 heteroatoms. The van der Waals surface area contributed by atoms with E-state index in [4.69, 9.17) is 10.8 Å². The molecule has 11 heavy (non-hydrogen) atoms. The minimum Gasteiger partial charge on any atom is -0.394 e. The second kappa shape index (κ2) is 3.03. The number of aliphatic hydroxyl groups is 1. The second-order valence-corrected chi connectivity index (χ2v) is 2.86. The molecule has 0 bridgehead atoms. The minimum absolute atomic E-state index is 0.142. The highest BCUT2D eigenvalue weighted by atomic mass is 16.3. The van der Waals surface area contributed by atoms with E-state index in [9.17, 15) is 0 Å². The summed E-state index contributed by atoms with van der Waals surface area (Å²) in [6, 6.07) is 9.35. The van der Waals surface area contributed by atoms with Gasteiger partial charge in [0.1, 0.15) is 0 Å². The Labute approximate surface area is 66.7 Å². The van der Waals surface area contributed by atoms with Crippen LogP contribution in [0.1, 0.15) is 12.5 Å². The molecular formula is C9H12NO. The van der Waals surface area contributed by atoms with Crippen LogP contribution in [0.15, 0.2) is 30.3 Å². The average molecular weight is 150 g/mol. The largest absolute Gasteiger partial charge is 0.394 e. The molecule has 1 unspecified atom stereocenters. The van der Waals surface area contributed by atoms with E-state index in [1.54, 1.807) is 6.92 Å². The Bertz CT molecular complexity index is 218.